The van der Waals surface area contributed by atoms with E-state index >= 15 is 0 Å². The van der Waals surface area contributed by atoms with Gasteiger partial charge in [0.2, 0.25) is 0 Å². The van der Waals surface area contributed by atoms with E-state index in [1.165, 1.54) is 17.0 Å². The molecule has 0 aliphatic rings. The van der Waals surface area contributed by atoms with E-state index in [4.69, 9.17) is 0 Å². The summed E-state index contributed by atoms with van der Waals surface area (Å²) in [6, 6.07) is 0. The molecule has 0 amide bonds. The second kappa shape index (κ2) is 3.43. The first kappa shape index (κ1) is 9.51. The third-order valence-electron chi connectivity index (χ3n) is 1.77. The summed E-state index contributed by atoms with van der Waals surface area (Å²) in [5.41, 5.74) is 0.462. The van der Waals surface area contributed by atoms with Gasteiger partial charge in [-0.1, -0.05) is 12.7 Å². The predicted molar refractivity (Wildman–Crippen MR) is 53.9 cm³/mol. The summed E-state index contributed by atoms with van der Waals surface area (Å²) < 4.78 is 1.43. The molecule has 1 rings (SSSR count). The Balaban J connectivity index is 3.47. The van der Waals surface area contributed by atoms with Crippen LogP contribution in [0.5, 0.6) is 0 Å². The molecule has 1 heterocycles. The zero-order chi connectivity index (χ0) is 10.0. The summed E-state index contributed by atoms with van der Waals surface area (Å²) in [6.07, 6.45) is 3.04. The van der Waals surface area contributed by atoms with Gasteiger partial charge >= 0.3 is 0 Å². The monoisotopic (exact) mass is 179 g/mol. The van der Waals surface area contributed by atoms with Crippen molar-refractivity contribution < 1.29 is 0 Å². The van der Waals surface area contributed by atoms with Crippen molar-refractivity contribution in [2.75, 3.05) is 19.0 Å². The topological polar surface area (TPSA) is 38.1 Å². The molecule has 1 aromatic rings. The van der Waals surface area contributed by atoms with Crippen LogP contribution in [0.25, 0.3) is 6.08 Å². The van der Waals surface area contributed by atoms with Gasteiger partial charge in [0.1, 0.15) is 5.82 Å². The summed E-state index contributed by atoms with van der Waals surface area (Å²) in [5, 5.41) is 0. The largest absolute Gasteiger partial charge is 0.362 e. The highest BCUT2D eigenvalue weighted by molar-refractivity contribution is 5.61. The van der Waals surface area contributed by atoms with Gasteiger partial charge in [0.25, 0.3) is 5.56 Å². The Kier molecular flexibility index (Phi) is 2.51. The fourth-order valence-corrected chi connectivity index (χ4v) is 1.08. The minimum atomic E-state index is -0.0753. The van der Waals surface area contributed by atoms with Crippen molar-refractivity contribution in [2.24, 2.45) is 7.05 Å². The highest BCUT2D eigenvalue weighted by atomic mass is 16.1. The van der Waals surface area contributed by atoms with E-state index in [1.807, 2.05) is 14.1 Å². The van der Waals surface area contributed by atoms with Crippen LogP contribution in [-0.4, -0.2) is 23.6 Å². The number of hydrogen-bond donors (Lipinski definition) is 0. The molecule has 4 heteroatoms. The number of aryl methyl sites for hydroxylation is 1. The highest BCUT2D eigenvalue weighted by Crippen LogP contribution is 2.10. The van der Waals surface area contributed by atoms with Crippen molar-refractivity contribution in [1.29, 1.82) is 0 Å². The Morgan fingerprint density at radius 1 is 1.62 bits per heavy atom. The van der Waals surface area contributed by atoms with Crippen LogP contribution in [0.4, 0.5) is 5.82 Å². The molecule has 4 nitrogen and oxygen atoms in total. The first-order chi connectivity index (χ1) is 6.07. The average Bonchev–Trinajstić information content (AvgIpc) is 2.09. The van der Waals surface area contributed by atoms with E-state index in [0.29, 0.717) is 11.4 Å². The van der Waals surface area contributed by atoms with Crippen LogP contribution in [0.1, 0.15) is 5.56 Å². The third kappa shape index (κ3) is 1.61. The summed E-state index contributed by atoms with van der Waals surface area (Å²) in [6.45, 7) is 3.60. The number of hydrogen-bond acceptors (Lipinski definition) is 3. The van der Waals surface area contributed by atoms with Gasteiger partial charge in [-0.3, -0.25) is 4.79 Å². The average molecular weight is 179 g/mol. The molecule has 1 aromatic heterocycles. The molecular weight excluding hydrogens is 166 g/mol. The molecule has 70 valence electrons. The second-order valence-corrected chi connectivity index (χ2v) is 3.00. The van der Waals surface area contributed by atoms with Crippen molar-refractivity contribution in [1.82, 2.24) is 9.55 Å². The van der Waals surface area contributed by atoms with Crippen molar-refractivity contribution in [2.45, 2.75) is 0 Å². The molecule has 0 saturated heterocycles. The van der Waals surface area contributed by atoms with Crippen molar-refractivity contribution in [3.05, 3.63) is 28.8 Å². The Hall–Kier alpha value is -1.58. The van der Waals surface area contributed by atoms with Gasteiger partial charge in [-0.25, -0.2) is 4.98 Å². The standard InChI is InChI=1S/C9H13N3O/c1-5-7-8(11(2)3)10-6-12(4)9(7)13/h5-6H,1H2,2-4H3. The van der Waals surface area contributed by atoms with E-state index < -0.39 is 0 Å². The van der Waals surface area contributed by atoms with E-state index in [0.717, 1.165) is 0 Å². The minimum absolute atomic E-state index is 0.0753. The van der Waals surface area contributed by atoms with Crippen LogP contribution in [0.3, 0.4) is 0 Å². The van der Waals surface area contributed by atoms with Crippen LogP contribution in [0, 0.1) is 0 Å². The van der Waals surface area contributed by atoms with Crippen molar-refractivity contribution in [3.8, 4) is 0 Å². The zero-order valence-corrected chi connectivity index (χ0v) is 8.11. The van der Waals surface area contributed by atoms with Crippen LogP contribution in [0.2, 0.25) is 0 Å². The molecule has 0 bridgehead atoms. The van der Waals surface area contributed by atoms with E-state index in [9.17, 15) is 4.79 Å². The van der Waals surface area contributed by atoms with Crippen LogP contribution < -0.4 is 10.5 Å². The van der Waals surface area contributed by atoms with Crippen LogP contribution in [-0.2, 0) is 7.05 Å². The Morgan fingerprint density at radius 3 is 2.69 bits per heavy atom. The quantitative estimate of drug-likeness (QED) is 0.663. The van der Waals surface area contributed by atoms with Gasteiger partial charge in [0, 0.05) is 21.1 Å². The molecule has 0 radical (unpaired) electrons. The highest BCUT2D eigenvalue weighted by Gasteiger charge is 2.07. The van der Waals surface area contributed by atoms with Gasteiger partial charge in [0.15, 0.2) is 0 Å². The van der Waals surface area contributed by atoms with Gasteiger partial charge in [-0.05, 0) is 0 Å². The lowest BCUT2D eigenvalue weighted by atomic mass is 10.3. The Bertz CT molecular complexity index is 379. The fourth-order valence-electron chi connectivity index (χ4n) is 1.08. The number of anilines is 1. The fraction of sp³-hybridized carbons (Fsp3) is 0.333. The summed E-state index contributed by atoms with van der Waals surface area (Å²) >= 11 is 0. The normalized spacial score (nSPS) is 9.77. The van der Waals surface area contributed by atoms with Crippen LogP contribution in [0.15, 0.2) is 17.7 Å². The third-order valence-corrected chi connectivity index (χ3v) is 1.77. The number of nitrogens with zero attached hydrogens (tertiary/aromatic N) is 3. The Labute approximate surface area is 77.1 Å². The maximum Gasteiger partial charge on any atom is 0.262 e. The van der Waals surface area contributed by atoms with E-state index in [-0.39, 0.29) is 5.56 Å². The molecule has 0 atom stereocenters. The van der Waals surface area contributed by atoms with Crippen molar-refractivity contribution in [3.63, 3.8) is 0 Å². The molecule has 13 heavy (non-hydrogen) atoms. The molecule has 0 aliphatic heterocycles. The molecule has 0 aromatic carbocycles. The van der Waals surface area contributed by atoms with Gasteiger partial charge in [-0.15, -0.1) is 0 Å². The number of aromatic nitrogens is 2. The van der Waals surface area contributed by atoms with Gasteiger partial charge < -0.3 is 9.47 Å². The van der Waals surface area contributed by atoms with E-state index in [2.05, 4.69) is 11.6 Å². The predicted octanol–water partition coefficient (Wildman–Crippen LogP) is 0.489. The molecule has 0 aliphatic carbocycles. The molecule has 0 spiro atoms. The summed E-state index contributed by atoms with van der Waals surface area (Å²) in [4.78, 5) is 17.5. The second-order valence-electron chi connectivity index (χ2n) is 3.00. The lowest BCUT2D eigenvalue weighted by Crippen LogP contribution is -2.24. The Morgan fingerprint density at radius 2 is 2.23 bits per heavy atom. The van der Waals surface area contributed by atoms with Crippen LogP contribution >= 0.6 is 0 Å². The molecule has 0 unspecified atom stereocenters. The maximum absolute atomic E-state index is 11.6. The van der Waals surface area contributed by atoms with Gasteiger partial charge in [0.05, 0.1) is 11.9 Å². The zero-order valence-electron chi connectivity index (χ0n) is 8.11. The van der Waals surface area contributed by atoms with Crippen molar-refractivity contribution >= 4 is 11.9 Å². The SMILES string of the molecule is C=Cc1c(N(C)C)ncn(C)c1=O. The first-order valence-corrected chi connectivity index (χ1v) is 3.93. The lowest BCUT2D eigenvalue weighted by Gasteiger charge is -2.13. The molecule has 0 fully saturated rings. The lowest BCUT2D eigenvalue weighted by molar-refractivity contribution is 0.814. The molecule has 0 saturated carbocycles. The smallest absolute Gasteiger partial charge is 0.262 e. The van der Waals surface area contributed by atoms with Gasteiger partial charge in [-0.2, -0.15) is 0 Å². The molecule has 0 N–H and O–H groups in total. The van der Waals surface area contributed by atoms with E-state index in [1.54, 1.807) is 11.9 Å². The minimum Gasteiger partial charge on any atom is -0.362 e. The number of rotatable bonds is 2. The molecular formula is C9H13N3O. The summed E-state index contributed by atoms with van der Waals surface area (Å²) in [5.74, 6) is 0.651. The maximum atomic E-state index is 11.6. The summed E-state index contributed by atoms with van der Waals surface area (Å²) in [7, 11) is 5.35. The first-order valence-electron chi connectivity index (χ1n) is 3.93.